The van der Waals surface area contributed by atoms with Gasteiger partial charge in [0.1, 0.15) is 0 Å². The van der Waals surface area contributed by atoms with Crippen LogP contribution in [0.15, 0.2) is 22.7 Å². The molecule has 70 valence electrons. The Balaban J connectivity index is 2.37. The van der Waals surface area contributed by atoms with E-state index in [0.29, 0.717) is 5.92 Å². The normalized spacial score (nSPS) is 27.0. The van der Waals surface area contributed by atoms with Crippen molar-refractivity contribution in [2.24, 2.45) is 5.92 Å². The van der Waals surface area contributed by atoms with Crippen LogP contribution in [0, 0.1) is 5.92 Å². The molecule has 0 bridgehead atoms. The Labute approximate surface area is 86.9 Å². The minimum atomic E-state index is -0.159. The first-order chi connectivity index (χ1) is 6.16. The van der Waals surface area contributed by atoms with E-state index in [1.54, 1.807) is 0 Å². The Morgan fingerprint density at radius 1 is 1.31 bits per heavy atom. The molecule has 1 N–H and O–H groups in total. The van der Waals surface area contributed by atoms with Gasteiger partial charge in [0.25, 0.3) is 0 Å². The van der Waals surface area contributed by atoms with Crippen LogP contribution in [-0.2, 0) is 12.8 Å². The SMILES string of the molecule is C[C@H]1Cc2cc(Br)ccc2C[C@H]1O. The maximum absolute atomic E-state index is 9.68. The van der Waals surface area contributed by atoms with Gasteiger partial charge in [-0.05, 0) is 42.0 Å². The van der Waals surface area contributed by atoms with E-state index in [9.17, 15) is 5.11 Å². The summed E-state index contributed by atoms with van der Waals surface area (Å²) in [6, 6.07) is 6.31. The van der Waals surface area contributed by atoms with Crippen LogP contribution in [0.3, 0.4) is 0 Å². The van der Waals surface area contributed by atoms with Crippen molar-refractivity contribution in [3.8, 4) is 0 Å². The third-order valence-electron chi connectivity index (χ3n) is 2.80. The fourth-order valence-corrected chi connectivity index (χ4v) is 2.30. The van der Waals surface area contributed by atoms with Crippen molar-refractivity contribution in [2.45, 2.75) is 25.9 Å². The quantitative estimate of drug-likeness (QED) is 0.740. The lowest BCUT2D eigenvalue weighted by Gasteiger charge is -2.26. The van der Waals surface area contributed by atoms with Crippen LogP contribution in [0.4, 0.5) is 0 Å². The van der Waals surface area contributed by atoms with Crippen LogP contribution >= 0.6 is 15.9 Å². The summed E-state index contributed by atoms with van der Waals surface area (Å²) in [6.07, 6.45) is 1.65. The first-order valence-electron chi connectivity index (χ1n) is 4.62. The zero-order valence-corrected chi connectivity index (χ0v) is 9.21. The zero-order valence-electron chi connectivity index (χ0n) is 7.63. The molecule has 0 heterocycles. The van der Waals surface area contributed by atoms with E-state index in [1.807, 2.05) is 6.07 Å². The fraction of sp³-hybridized carbons (Fsp3) is 0.455. The Bertz CT molecular complexity index is 322. The first kappa shape index (κ1) is 9.22. The predicted molar refractivity (Wildman–Crippen MR) is 56.7 cm³/mol. The van der Waals surface area contributed by atoms with E-state index in [2.05, 4.69) is 35.0 Å². The van der Waals surface area contributed by atoms with E-state index in [4.69, 9.17) is 0 Å². The number of hydrogen-bond donors (Lipinski definition) is 1. The predicted octanol–water partition coefficient (Wildman–Crippen LogP) is 2.54. The van der Waals surface area contributed by atoms with Crippen molar-refractivity contribution < 1.29 is 5.11 Å². The lowest BCUT2D eigenvalue weighted by molar-refractivity contribution is 0.109. The van der Waals surface area contributed by atoms with E-state index in [0.717, 1.165) is 17.3 Å². The summed E-state index contributed by atoms with van der Waals surface area (Å²) in [5.74, 6) is 0.391. The Morgan fingerprint density at radius 3 is 2.85 bits per heavy atom. The van der Waals surface area contributed by atoms with E-state index < -0.39 is 0 Å². The van der Waals surface area contributed by atoms with Gasteiger partial charge in [0.05, 0.1) is 6.10 Å². The summed E-state index contributed by atoms with van der Waals surface area (Å²) in [4.78, 5) is 0. The minimum absolute atomic E-state index is 0.159. The average molecular weight is 241 g/mol. The number of fused-ring (bicyclic) bond motifs is 1. The molecule has 0 fully saturated rings. The molecule has 0 amide bonds. The van der Waals surface area contributed by atoms with E-state index in [1.165, 1.54) is 11.1 Å². The molecule has 2 heteroatoms. The van der Waals surface area contributed by atoms with Crippen LogP contribution in [0.1, 0.15) is 18.1 Å². The van der Waals surface area contributed by atoms with Crippen molar-refractivity contribution in [1.29, 1.82) is 0 Å². The molecule has 1 aliphatic carbocycles. The van der Waals surface area contributed by atoms with Crippen LogP contribution < -0.4 is 0 Å². The van der Waals surface area contributed by atoms with Crippen LogP contribution in [0.2, 0.25) is 0 Å². The maximum atomic E-state index is 9.68. The second kappa shape index (κ2) is 3.43. The van der Waals surface area contributed by atoms with Gasteiger partial charge in [-0.15, -0.1) is 0 Å². The molecule has 2 atom stereocenters. The molecule has 0 spiro atoms. The molecule has 0 aromatic heterocycles. The van der Waals surface area contributed by atoms with Gasteiger partial charge < -0.3 is 5.11 Å². The zero-order chi connectivity index (χ0) is 9.42. The highest BCUT2D eigenvalue weighted by Gasteiger charge is 2.22. The molecular weight excluding hydrogens is 228 g/mol. The first-order valence-corrected chi connectivity index (χ1v) is 5.41. The molecule has 1 aliphatic rings. The smallest absolute Gasteiger partial charge is 0.0609 e. The summed E-state index contributed by atoms with van der Waals surface area (Å²) >= 11 is 3.46. The fourth-order valence-electron chi connectivity index (χ4n) is 1.89. The second-order valence-electron chi connectivity index (χ2n) is 3.87. The maximum Gasteiger partial charge on any atom is 0.0609 e. The molecule has 2 rings (SSSR count). The van der Waals surface area contributed by atoms with Gasteiger partial charge in [0.15, 0.2) is 0 Å². The average Bonchev–Trinajstić information content (AvgIpc) is 2.08. The number of benzene rings is 1. The van der Waals surface area contributed by atoms with Crippen molar-refractivity contribution in [2.75, 3.05) is 0 Å². The van der Waals surface area contributed by atoms with Crippen molar-refractivity contribution in [3.05, 3.63) is 33.8 Å². The highest BCUT2D eigenvalue weighted by atomic mass is 79.9. The van der Waals surface area contributed by atoms with Gasteiger partial charge in [-0.2, -0.15) is 0 Å². The number of aliphatic hydroxyl groups excluding tert-OH is 1. The van der Waals surface area contributed by atoms with Gasteiger partial charge in [-0.3, -0.25) is 0 Å². The van der Waals surface area contributed by atoms with Crippen molar-refractivity contribution >= 4 is 15.9 Å². The second-order valence-corrected chi connectivity index (χ2v) is 4.78. The third kappa shape index (κ3) is 1.79. The number of aliphatic hydroxyl groups is 1. The summed E-state index contributed by atoms with van der Waals surface area (Å²) < 4.78 is 1.13. The highest BCUT2D eigenvalue weighted by Crippen LogP contribution is 2.27. The van der Waals surface area contributed by atoms with Crippen molar-refractivity contribution in [1.82, 2.24) is 0 Å². The highest BCUT2D eigenvalue weighted by molar-refractivity contribution is 9.10. The summed E-state index contributed by atoms with van der Waals surface area (Å²) in [6.45, 7) is 2.11. The molecule has 0 aliphatic heterocycles. The van der Waals surface area contributed by atoms with Crippen molar-refractivity contribution in [3.63, 3.8) is 0 Å². The summed E-state index contributed by atoms with van der Waals surface area (Å²) in [5, 5.41) is 9.68. The van der Waals surface area contributed by atoms with E-state index in [-0.39, 0.29) is 6.10 Å². The molecule has 0 unspecified atom stereocenters. The molecule has 1 aromatic carbocycles. The van der Waals surface area contributed by atoms with Gasteiger partial charge >= 0.3 is 0 Å². The molecular formula is C11H13BrO. The lowest BCUT2D eigenvalue weighted by Crippen LogP contribution is -2.27. The Morgan fingerprint density at radius 2 is 2.08 bits per heavy atom. The van der Waals surface area contributed by atoms with Gasteiger partial charge in [-0.25, -0.2) is 0 Å². The Hall–Kier alpha value is -0.340. The van der Waals surface area contributed by atoms with E-state index >= 15 is 0 Å². The number of hydrogen-bond acceptors (Lipinski definition) is 1. The lowest BCUT2D eigenvalue weighted by atomic mass is 9.83. The topological polar surface area (TPSA) is 20.2 Å². The third-order valence-corrected chi connectivity index (χ3v) is 3.29. The monoisotopic (exact) mass is 240 g/mol. The molecule has 0 saturated heterocycles. The summed E-state index contributed by atoms with van der Waals surface area (Å²) in [7, 11) is 0. The van der Waals surface area contributed by atoms with Gasteiger partial charge in [0.2, 0.25) is 0 Å². The molecule has 1 nitrogen and oxygen atoms in total. The van der Waals surface area contributed by atoms with Crippen LogP contribution in [0.25, 0.3) is 0 Å². The largest absolute Gasteiger partial charge is 0.392 e. The standard InChI is InChI=1S/C11H13BrO/c1-7-4-9-5-10(12)3-2-8(9)6-11(7)13/h2-3,5,7,11,13H,4,6H2,1H3/t7-,11+/m0/s1. The number of rotatable bonds is 0. The molecule has 1 aromatic rings. The van der Waals surface area contributed by atoms with Gasteiger partial charge in [-0.1, -0.05) is 28.9 Å². The van der Waals surface area contributed by atoms with Gasteiger partial charge in [0, 0.05) is 4.47 Å². The molecule has 0 radical (unpaired) electrons. The number of halogens is 1. The molecule has 13 heavy (non-hydrogen) atoms. The van der Waals surface area contributed by atoms with Crippen LogP contribution in [-0.4, -0.2) is 11.2 Å². The van der Waals surface area contributed by atoms with Crippen LogP contribution in [0.5, 0.6) is 0 Å². The Kier molecular flexibility index (Phi) is 2.43. The molecule has 0 saturated carbocycles. The minimum Gasteiger partial charge on any atom is -0.392 e. The summed E-state index contributed by atoms with van der Waals surface area (Å²) in [5.41, 5.74) is 2.68.